The minimum Gasteiger partial charge on any atom is -0.444 e. The van der Waals surface area contributed by atoms with Gasteiger partial charge >= 0.3 is 6.09 Å². The van der Waals surface area contributed by atoms with Gasteiger partial charge < -0.3 is 20.3 Å². The van der Waals surface area contributed by atoms with Crippen LogP contribution in [-0.4, -0.2) is 45.7 Å². The zero-order valence-electron chi connectivity index (χ0n) is 23.5. The van der Waals surface area contributed by atoms with Crippen LogP contribution in [0, 0.1) is 26.2 Å². The summed E-state index contributed by atoms with van der Waals surface area (Å²) in [6.07, 6.45) is 5.06. The molecule has 0 aliphatic rings. The van der Waals surface area contributed by atoms with Gasteiger partial charge in [-0.3, -0.25) is 9.59 Å². The van der Waals surface area contributed by atoms with E-state index in [0.717, 1.165) is 11.1 Å². The Morgan fingerprint density at radius 2 is 1.58 bits per heavy atom. The van der Waals surface area contributed by atoms with Gasteiger partial charge in [-0.2, -0.15) is 12.6 Å². The lowest BCUT2D eigenvalue weighted by Crippen LogP contribution is -2.58. The summed E-state index contributed by atoms with van der Waals surface area (Å²) in [5.41, 5.74) is 1.82. The number of hydrogen-bond acceptors (Lipinski definition) is 5. The molecule has 0 fully saturated rings. The number of alkyl carbamates (subject to hydrolysis) is 1. The molecular formula is C30H39N3O4S. The molecule has 204 valence electrons. The standard InChI is InChI=1S/C30H39N3O4S/c1-10-21-16-11-12-17-22(21)25(26(34)32-24-19(2)14-13-15-20(24)3)33(29(4,5)6)27(35)23(18-38)31-28(36)37-30(7,8)9/h1,11-17,23,25,38H,18H2,2-9H3,(H,31,36)(H,32,34). The van der Waals surface area contributed by atoms with E-state index in [-0.39, 0.29) is 5.75 Å². The number of hydrogen-bond donors (Lipinski definition) is 3. The highest BCUT2D eigenvalue weighted by molar-refractivity contribution is 7.80. The lowest BCUT2D eigenvalue weighted by Gasteiger charge is -2.43. The Bertz CT molecular complexity index is 1200. The van der Waals surface area contributed by atoms with Crippen LogP contribution in [0.4, 0.5) is 10.5 Å². The van der Waals surface area contributed by atoms with Crippen LogP contribution in [0.3, 0.4) is 0 Å². The number of anilines is 1. The van der Waals surface area contributed by atoms with Crippen molar-refractivity contribution in [2.45, 2.75) is 78.6 Å². The van der Waals surface area contributed by atoms with E-state index in [2.05, 4.69) is 29.2 Å². The van der Waals surface area contributed by atoms with Crippen LogP contribution in [0.5, 0.6) is 0 Å². The molecule has 2 rings (SSSR count). The maximum absolute atomic E-state index is 14.1. The van der Waals surface area contributed by atoms with Crippen molar-refractivity contribution in [1.29, 1.82) is 0 Å². The maximum atomic E-state index is 14.1. The Morgan fingerprint density at radius 1 is 1.00 bits per heavy atom. The van der Waals surface area contributed by atoms with Gasteiger partial charge in [-0.15, -0.1) is 6.42 Å². The van der Waals surface area contributed by atoms with E-state index in [1.807, 2.05) is 52.8 Å². The summed E-state index contributed by atoms with van der Waals surface area (Å²) < 4.78 is 5.36. The van der Waals surface area contributed by atoms with Crippen molar-refractivity contribution in [2.75, 3.05) is 11.1 Å². The topological polar surface area (TPSA) is 87.7 Å². The van der Waals surface area contributed by atoms with Gasteiger partial charge in [0.05, 0.1) is 0 Å². The molecule has 8 heteroatoms. The number of terminal acetylenes is 1. The third kappa shape index (κ3) is 7.78. The summed E-state index contributed by atoms with van der Waals surface area (Å²) in [6, 6.07) is 10.6. The number of nitrogens with one attached hydrogen (secondary N) is 2. The number of benzene rings is 2. The fraction of sp³-hybridized carbons (Fsp3) is 0.433. The third-order valence-electron chi connectivity index (χ3n) is 5.78. The molecule has 7 nitrogen and oxygen atoms in total. The molecule has 2 atom stereocenters. The van der Waals surface area contributed by atoms with Crippen LogP contribution < -0.4 is 10.6 Å². The average molecular weight is 538 g/mol. The van der Waals surface area contributed by atoms with Crippen LogP contribution in [0.2, 0.25) is 0 Å². The minimum absolute atomic E-state index is 0.00726. The average Bonchev–Trinajstić information content (AvgIpc) is 2.80. The molecule has 0 heterocycles. The first-order valence-electron chi connectivity index (χ1n) is 12.5. The molecule has 2 unspecified atom stereocenters. The fourth-order valence-corrected chi connectivity index (χ4v) is 4.36. The molecule has 0 spiro atoms. The first-order chi connectivity index (χ1) is 17.6. The van der Waals surface area contributed by atoms with E-state index < -0.39 is 41.1 Å². The SMILES string of the molecule is C#Cc1ccccc1C(C(=O)Nc1c(C)cccc1C)N(C(=O)C(CS)NC(=O)OC(C)(C)C)C(C)(C)C. The number of carbonyl (C=O) groups is 3. The van der Waals surface area contributed by atoms with Gasteiger partial charge in [-0.1, -0.05) is 42.3 Å². The van der Waals surface area contributed by atoms with Crippen LogP contribution in [0.25, 0.3) is 0 Å². The van der Waals surface area contributed by atoms with Crippen LogP contribution in [0.15, 0.2) is 42.5 Å². The summed E-state index contributed by atoms with van der Waals surface area (Å²) >= 11 is 4.33. The Balaban J connectivity index is 2.64. The van der Waals surface area contributed by atoms with E-state index in [9.17, 15) is 14.4 Å². The second-order valence-corrected chi connectivity index (χ2v) is 11.5. The summed E-state index contributed by atoms with van der Waals surface area (Å²) in [5, 5.41) is 5.65. The van der Waals surface area contributed by atoms with Gasteiger partial charge in [-0.05, 0) is 78.1 Å². The van der Waals surface area contributed by atoms with E-state index in [4.69, 9.17) is 11.2 Å². The number of para-hydroxylation sites is 1. The lowest BCUT2D eigenvalue weighted by atomic mass is 9.92. The quantitative estimate of drug-likeness (QED) is 0.325. The number of carbonyl (C=O) groups excluding carboxylic acids is 3. The van der Waals surface area contributed by atoms with Gasteiger partial charge in [0, 0.05) is 22.5 Å². The molecule has 3 amide bonds. The van der Waals surface area contributed by atoms with Crippen molar-refractivity contribution in [3.63, 3.8) is 0 Å². The van der Waals surface area contributed by atoms with E-state index in [1.165, 1.54) is 4.90 Å². The highest BCUT2D eigenvalue weighted by Gasteiger charge is 2.42. The highest BCUT2D eigenvalue weighted by atomic mass is 32.1. The summed E-state index contributed by atoms with van der Waals surface area (Å²) in [7, 11) is 0. The highest BCUT2D eigenvalue weighted by Crippen LogP contribution is 2.33. The molecule has 2 N–H and O–H groups in total. The number of thiol groups is 1. The fourth-order valence-electron chi connectivity index (χ4n) is 4.12. The van der Waals surface area contributed by atoms with Gasteiger partial charge in [-0.25, -0.2) is 4.79 Å². The summed E-state index contributed by atoms with van der Waals surface area (Å²) in [6.45, 7) is 14.5. The molecule has 2 aromatic carbocycles. The molecule has 0 radical (unpaired) electrons. The lowest BCUT2D eigenvalue weighted by molar-refractivity contribution is -0.146. The molecule has 0 aliphatic heterocycles. The second kappa shape index (κ2) is 12.4. The van der Waals surface area contributed by atoms with E-state index >= 15 is 0 Å². The zero-order chi connectivity index (χ0) is 28.8. The molecule has 0 saturated heterocycles. The van der Waals surface area contributed by atoms with Crippen molar-refractivity contribution < 1.29 is 19.1 Å². The van der Waals surface area contributed by atoms with Crippen molar-refractivity contribution in [3.05, 3.63) is 64.7 Å². The largest absolute Gasteiger partial charge is 0.444 e. The zero-order valence-corrected chi connectivity index (χ0v) is 24.4. The Kier molecular flexibility index (Phi) is 10.0. The molecule has 0 aliphatic carbocycles. The van der Waals surface area contributed by atoms with Crippen LogP contribution in [0.1, 0.15) is 69.8 Å². The van der Waals surface area contributed by atoms with Crippen LogP contribution in [-0.2, 0) is 14.3 Å². The monoisotopic (exact) mass is 537 g/mol. The number of ether oxygens (including phenoxy) is 1. The first kappa shape index (κ1) is 30.8. The summed E-state index contributed by atoms with van der Waals surface area (Å²) in [5.74, 6) is 1.71. The van der Waals surface area contributed by atoms with Crippen molar-refractivity contribution >= 4 is 36.2 Å². The van der Waals surface area contributed by atoms with Crippen molar-refractivity contribution in [2.24, 2.45) is 0 Å². The third-order valence-corrected chi connectivity index (χ3v) is 6.14. The molecule has 2 aromatic rings. The van der Waals surface area contributed by atoms with Gasteiger partial charge in [0.2, 0.25) is 5.91 Å². The number of amides is 3. The number of aryl methyl sites for hydroxylation is 2. The molecule has 0 saturated carbocycles. The van der Waals surface area contributed by atoms with Crippen molar-refractivity contribution in [3.8, 4) is 12.3 Å². The Morgan fingerprint density at radius 3 is 2.08 bits per heavy atom. The number of rotatable bonds is 7. The van der Waals surface area contributed by atoms with Gasteiger partial charge in [0.1, 0.15) is 17.7 Å². The van der Waals surface area contributed by atoms with Gasteiger partial charge in [0.15, 0.2) is 0 Å². The predicted octanol–water partition coefficient (Wildman–Crippen LogP) is 5.41. The minimum atomic E-state index is -1.10. The first-order valence-corrected chi connectivity index (χ1v) is 13.1. The molecule has 38 heavy (non-hydrogen) atoms. The van der Waals surface area contributed by atoms with Gasteiger partial charge in [0.25, 0.3) is 5.91 Å². The smallest absolute Gasteiger partial charge is 0.408 e. The number of nitrogens with zero attached hydrogens (tertiary/aromatic N) is 1. The normalized spacial score (nSPS) is 13.1. The Labute approximate surface area is 232 Å². The Hall–Kier alpha value is -3.44. The van der Waals surface area contributed by atoms with Crippen molar-refractivity contribution in [1.82, 2.24) is 10.2 Å². The summed E-state index contributed by atoms with van der Waals surface area (Å²) in [4.78, 5) is 42.2. The molecule has 0 bridgehead atoms. The molecule has 0 aromatic heterocycles. The van der Waals surface area contributed by atoms with E-state index in [1.54, 1.807) is 45.0 Å². The maximum Gasteiger partial charge on any atom is 0.408 e. The predicted molar refractivity (Wildman–Crippen MR) is 155 cm³/mol. The van der Waals surface area contributed by atoms with Crippen LogP contribution >= 0.6 is 12.6 Å². The second-order valence-electron chi connectivity index (χ2n) is 11.2. The molecular weight excluding hydrogens is 498 g/mol. The van der Waals surface area contributed by atoms with E-state index in [0.29, 0.717) is 16.8 Å².